The molecule has 2 aliphatic rings. The van der Waals surface area contributed by atoms with Crippen molar-refractivity contribution in [3.05, 3.63) is 30.7 Å². The molecule has 0 bridgehead atoms. The van der Waals surface area contributed by atoms with E-state index in [1.165, 1.54) is 16.7 Å². The first-order valence-electron chi connectivity index (χ1n) is 10.3. The Morgan fingerprint density at radius 2 is 2.10 bits per heavy atom. The Labute approximate surface area is 184 Å². The molecular weight excluding hydrogens is 418 g/mol. The highest BCUT2D eigenvalue weighted by atomic mass is 32.2. The first-order chi connectivity index (χ1) is 15.0. The number of carbonyl (C=O) groups excluding carboxylic acids is 3. The second-order valence-electron chi connectivity index (χ2n) is 7.83. The van der Waals surface area contributed by atoms with Gasteiger partial charge in [-0.1, -0.05) is 37.1 Å². The summed E-state index contributed by atoms with van der Waals surface area (Å²) in [5.41, 5.74) is -0.0931. The van der Waals surface area contributed by atoms with Gasteiger partial charge in [0, 0.05) is 6.54 Å². The van der Waals surface area contributed by atoms with Crippen LogP contribution in [0.5, 0.6) is 0 Å². The van der Waals surface area contributed by atoms with Gasteiger partial charge < -0.3 is 9.32 Å². The summed E-state index contributed by atoms with van der Waals surface area (Å²) in [7, 11) is 0. The Morgan fingerprint density at radius 3 is 2.77 bits per heavy atom. The molecule has 1 aliphatic heterocycles. The van der Waals surface area contributed by atoms with Crippen molar-refractivity contribution in [3.63, 3.8) is 0 Å². The number of thioether (sulfide) groups is 1. The van der Waals surface area contributed by atoms with E-state index in [1.54, 1.807) is 12.3 Å². The standard InChI is InChI=1S/C21H25N5O4S/c1-3-10-25-18(15-7-11-30-14(15)2)23-24-20(25)31-13-17(28)26-12-16(27)22-19(29)21(26)8-5-4-6-9-21/h3,7,11H,1,4-6,8-10,12-13H2,2H3,(H,22,27,29). The van der Waals surface area contributed by atoms with E-state index in [2.05, 4.69) is 22.1 Å². The van der Waals surface area contributed by atoms with Crippen LogP contribution in [0.3, 0.4) is 0 Å². The van der Waals surface area contributed by atoms with E-state index in [0.717, 1.165) is 30.6 Å². The number of hydrogen-bond acceptors (Lipinski definition) is 7. The fourth-order valence-corrected chi connectivity index (χ4v) is 5.19. The van der Waals surface area contributed by atoms with Crippen molar-refractivity contribution in [1.29, 1.82) is 0 Å². The van der Waals surface area contributed by atoms with Crippen molar-refractivity contribution >= 4 is 29.5 Å². The third-order valence-corrected chi connectivity index (χ3v) is 6.88. The lowest BCUT2D eigenvalue weighted by atomic mass is 9.78. The average molecular weight is 444 g/mol. The molecule has 1 saturated heterocycles. The molecule has 3 amide bonds. The molecule has 0 aromatic carbocycles. The van der Waals surface area contributed by atoms with Gasteiger partial charge in [0.05, 0.1) is 17.6 Å². The third-order valence-electron chi connectivity index (χ3n) is 5.93. The largest absolute Gasteiger partial charge is 0.469 e. The van der Waals surface area contributed by atoms with Gasteiger partial charge in [0.2, 0.25) is 11.8 Å². The normalized spacial score (nSPS) is 18.3. The van der Waals surface area contributed by atoms with Crippen LogP contribution in [0.2, 0.25) is 0 Å². The average Bonchev–Trinajstić information content (AvgIpc) is 3.35. The lowest BCUT2D eigenvalue weighted by molar-refractivity contribution is -0.158. The number of imide groups is 1. The molecule has 0 radical (unpaired) electrons. The number of aromatic nitrogens is 3. The number of carbonyl (C=O) groups is 3. The monoisotopic (exact) mass is 443 g/mol. The van der Waals surface area contributed by atoms with Crippen LogP contribution in [-0.4, -0.2) is 55.2 Å². The quantitative estimate of drug-likeness (QED) is 0.414. The fourth-order valence-electron chi connectivity index (χ4n) is 4.37. The number of aryl methyl sites for hydroxylation is 1. The first-order valence-corrected chi connectivity index (χ1v) is 11.3. The Kier molecular flexibility index (Phi) is 5.99. The maximum atomic E-state index is 13.2. The van der Waals surface area contributed by atoms with Gasteiger partial charge in [0.15, 0.2) is 11.0 Å². The van der Waals surface area contributed by atoms with Crippen molar-refractivity contribution in [2.45, 2.75) is 56.3 Å². The molecule has 9 nitrogen and oxygen atoms in total. The van der Waals surface area contributed by atoms with Crippen LogP contribution in [0.15, 0.2) is 34.6 Å². The van der Waals surface area contributed by atoms with Crippen molar-refractivity contribution in [2.24, 2.45) is 0 Å². The summed E-state index contributed by atoms with van der Waals surface area (Å²) in [4.78, 5) is 39.4. The fraction of sp³-hybridized carbons (Fsp3) is 0.476. The molecule has 2 fully saturated rings. The van der Waals surface area contributed by atoms with Gasteiger partial charge in [-0.15, -0.1) is 16.8 Å². The number of nitrogens with one attached hydrogen (secondary N) is 1. The number of allylic oxidation sites excluding steroid dienone is 1. The summed E-state index contributed by atoms with van der Waals surface area (Å²) in [6, 6.07) is 1.82. The molecule has 31 heavy (non-hydrogen) atoms. The molecule has 1 spiro atoms. The number of furan rings is 1. The van der Waals surface area contributed by atoms with E-state index < -0.39 is 11.4 Å². The van der Waals surface area contributed by atoms with Crippen LogP contribution in [0, 0.1) is 6.92 Å². The molecule has 1 aliphatic carbocycles. The zero-order valence-corrected chi connectivity index (χ0v) is 18.2. The van der Waals surface area contributed by atoms with Crippen LogP contribution >= 0.6 is 11.8 Å². The summed E-state index contributed by atoms with van der Waals surface area (Å²) in [6.45, 7) is 6.02. The van der Waals surface area contributed by atoms with Crippen molar-refractivity contribution < 1.29 is 18.8 Å². The predicted molar refractivity (Wildman–Crippen MR) is 114 cm³/mol. The highest BCUT2D eigenvalue weighted by molar-refractivity contribution is 7.99. The zero-order valence-electron chi connectivity index (χ0n) is 17.4. The Balaban J connectivity index is 1.54. The van der Waals surface area contributed by atoms with Gasteiger partial charge in [-0.3, -0.25) is 24.3 Å². The predicted octanol–water partition coefficient (Wildman–Crippen LogP) is 2.31. The molecule has 164 valence electrons. The minimum Gasteiger partial charge on any atom is -0.469 e. The second-order valence-corrected chi connectivity index (χ2v) is 8.78. The molecule has 0 atom stereocenters. The SMILES string of the molecule is C=CCn1c(SCC(=O)N2CC(=O)NC(=O)C23CCCCC3)nnc1-c1ccoc1C. The Hall–Kier alpha value is -2.88. The van der Waals surface area contributed by atoms with Crippen molar-refractivity contribution in [3.8, 4) is 11.4 Å². The smallest absolute Gasteiger partial charge is 0.252 e. The topological polar surface area (TPSA) is 110 Å². The zero-order chi connectivity index (χ0) is 22.0. The van der Waals surface area contributed by atoms with Crippen molar-refractivity contribution in [1.82, 2.24) is 25.0 Å². The minimum absolute atomic E-state index is 0.0575. The number of piperazine rings is 1. The summed E-state index contributed by atoms with van der Waals surface area (Å²) in [6.07, 6.45) is 7.24. The lowest BCUT2D eigenvalue weighted by Crippen LogP contribution is -2.69. The van der Waals surface area contributed by atoms with Crippen molar-refractivity contribution in [2.75, 3.05) is 12.3 Å². The summed E-state index contributed by atoms with van der Waals surface area (Å²) in [5.74, 6) is 0.382. The Morgan fingerprint density at radius 1 is 1.32 bits per heavy atom. The molecule has 4 rings (SSSR count). The lowest BCUT2D eigenvalue weighted by Gasteiger charge is -2.47. The van der Waals surface area contributed by atoms with Crippen LogP contribution in [-0.2, 0) is 20.9 Å². The van der Waals surface area contributed by atoms with Gasteiger partial charge in [0.25, 0.3) is 5.91 Å². The maximum Gasteiger partial charge on any atom is 0.252 e. The molecule has 2 aromatic rings. The van der Waals surface area contributed by atoms with E-state index >= 15 is 0 Å². The number of rotatable bonds is 6. The van der Waals surface area contributed by atoms with Gasteiger partial charge >= 0.3 is 0 Å². The van der Waals surface area contributed by atoms with Crippen LogP contribution in [0.1, 0.15) is 37.9 Å². The minimum atomic E-state index is -0.919. The van der Waals surface area contributed by atoms with E-state index in [9.17, 15) is 14.4 Å². The van der Waals surface area contributed by atoms with E-state index in [1.807, 2.05) is 17.6 Å². The molecule has 10 heteroatoms. The van der Waals surface area contributed by atoms with E-state index in [0.29, 0.717) is 30.4 Å². The first kappa shape index (κ1) is 21.4. The summed E-state index contributed by atoms with van der Waals surface area (Å²) < 4.78 is 7.25. The van der Waals surface area contributed by atoms with Gasteiger partial charge in [-0.2, -0.15) is 0 Å². The van der Waals surface area contributed by atoms with Crippen LogP contribution in [0.25, 0.3) is 11.4 Å². The highest BCUT2D eigenvalue weighted by Gasteiger charge is 2.50. The summed E-state index contributed by atoms with van der Waals surface area (Å²) >= 11 is 1.24. The Bertz CT molecular complexity index is 1020. The second kappa shape index (κ2) is 8.70. The number of amides is 3. The van der Waals surface area contributed by atoms with E-state index in [-0.39, 0.29) is 24.1 Å². The third kappa shape index (κ3) is 3.91. The highest BCUT2D eigenvalue weighted by Crippen LogP contribution is 2.36. The number of hydrogen-bond donors (Lipinski definition) is 1. The summed E-state index contributed by atoms with van der Waals surface area (Å²) in [5, 5.41) is 11.5. The van der Waals surface area contributed by atoms with Gasteiger partial charge in [-0.05, 0) is 25.8 Å². The molecule has 2 aromatic heterocycles. The van der Waals surface area contributed by atoms with E-state index in [4.69, 9.17) is 4.42 Å². The molecular formula is C21H25N5O4S. The van der Waals surface area contributed by atoms with Gasteiger partial charge in [-0.25, -0.2) is 0 Å². The maximum absolute atomic E-state index is 13.2. The molecule has 0 unspecified atom stereocenters. The number of nitrogens with zero attached hydrogens (tertiary/aromatic N) is 4. The molecule has 1 saturated carbocycles. The van der Waals surface area contributed by atoms with Gasteiger partial charge in [0.1, 0.15) is 17.8 Å². The molecule has 3 heterocycles. The molecule has 1 N–H and O–H groups in total. The van der Waals surface area contributed by atoms with Crippen LogP contribution in [0.4, 0.5) is 0 Å². The van der Waals surface area contributed by atoms with Crippen LogP contribution < -0.4 is 5.32 Å².